The molecular weight excluding hydrogens is 338 g/mol. The van der Waals surface area contributed by atoms with Gasteiger partial charge in [0.2, 0.25) is 5.91 Å². The zero-order valence-corrected chi connectivity index (χ0v) is 15.1. The van der Waals surface area contributed by atoms with Gasteiger partial charge >= 0.3 is 12.0 Å². The minimum absolute atomic E-state index is 0.0267. The van der Waals surface area contributed by atoms with Crippen LogP contribution >= 0.6 is 0 Å². The van der Waals surface area contributed by atoms with Crippen LogP contribution in [0.5, 0.6) is 0 Å². The molecule has 1 saturated heterocycles. The van der Waals surface area contributed by atoms with Gasteiger partial charge in [-0.05, 0) is 12.3 Å². The van der Waals surface area contributed by atoms with Gasteiger partial charge in [0, 0.05) is 12.8 Å². The number of amides is 3. The van der Waals surface area contributed by atoms with Crippen LogP contribution in [0.15, 0.2) is 0 Å². The molecule has 0 aromatic rings. The van der Waals surface area contributed by atoms with Gasteiger partial charge in [-0.1, -0.05) is 20.3 Å². The van der Waals surface area contributed by atoms with E-state index in [9.17, 15) is 22.8 Å². The molecule has 1 fully saturated rings. The Kier molecular flexibility index (Phi) is 6.58. The van der Waals surface area contributed by atoms with E-state index in [-0.39, 0.29) is 18.9 Å². The lowest BCUT2D eigenvalue weighted by Crippen LogP contribution is -2.55. The van der Waals surface area contributed by atoms with Crippen molar-refractivity contribution in [3.63, 3.8) is 0 Å². The molecule has 138 valence electrons. The number of primary amides is 1. The third-order valence-electron chi connectivity index (χ3n) is 4.40. The molecule has 4 atom stereocenters. The van der Waals surface area contributed by atoms with Gasteiger partial charge in [-0.15, -0.1) is 0 Å². The monoisotopic (exact) mass is 363 g/mol. The van der Waals surface area contributed by atoms with Crippen LogP contribution in [0.3, 0.4) is 0 Å². The molecule has 9 nitrogen and oxygen atoms in total. The Balaban J connectivity index is 3.14. The van der Waals surface area contributed by atoms with Crippen LogP contribution in [0.4, 0.5) is 4.79 Å². The van der Waals surface area contributed by atoms with Crippen molar-refractivity contribution in [2.45, 2.75) is 44.0 Å². The van der Waals surface area contributed by atoms with Crippen LogP contribution < -0.4 is 11.1 Å². The van der Waals surface area contributed by atoms with Crippen molar-refractivity contribution in [3.05, 3.63) is 0 Å². The Labute approximate surface area is 141 Å². The Morgan fingerprint density at radius 3 is 2.38 bits per heavy atom. The summed E-state index contributed by atoms with van der Waals surface area (Å²) in [5.74, 6) is -1.46. The number of nitrogens with zero attached hydrogens (tertiary/aromatic N) is 1. The summed E-state index contributed by atoms with van der Waals surface area (Å²) in [5.41, 5.74) is 5.13. The van der Waals surface area contributed by atoms with Gasteiger partial charge in [0.25, 0.3) is 0 Å². The standard InChI is InChI=1S/C14H25N3O6S/c1-5-8(2)11(16-14(15)20)12(18)17-7-9(24(4,21)22)6-10(17)13(19)23-3/h8-11H,5-7H2,1-4H3,(H3,15,16,20)/t8-,9+,10-,11-/m0/s1. The molecular formula is C14H25N3O6S. The van der Waals surface area contributed by atoms with E-state index in [1.165, 1.54) is 12.0 Å². The van der Waals surface area contributed by atoms with Gasteiger partial charge < -0.3 is 20.7 Å². The summed E-state index contributed by atoms with van der Waals surface area (Å²) < 4.78 is 28.3. The van der Waals surface area contributed by atoms with Crippen LogP contribution in [-0.4, -0.2) is 68.5 Å². The van der Waals surface area contributed by atoms with E-state index in [1.807, 2.05) is 6.92 Å². The van der Waals surface area contributed by atoms with E-state index < -0.39 is 45.1 Å². The van der Waals surface area contributed by atoms with Crippen LogP contribution in [0.25, 0.3) is 0 Å². The molecule has 0 aromatic carbocycles. The maximum Gasteiger partial charge on any atom is 0.328 e. The minimum Gasteiger partial charge on any atom is -0.467 e. The van der Waals surface area contributed by atoms with Gasteiger partial charge in [-0.25, -0.2) is 18.0 Å². The summed E-state index contributed by atoms with van der Waals surface area (Å²) in [7, 11) is -2.26. The van der Waals surface area contributed by atoms with Gasteiger partial charge in [0.05, 0.1) is 12.4 Å². The number of rotatable bonds is 6. The number of ether oxygens (including phenoxy) is 1. The van der Waals surface area contributed by atoms with Gasteiger partial charge in [0.1, 0.15) is 12.1 Å². The zero-order chi connectivity index (χ0) is 18.7. The average molecular weight is 363 g/mol. The minimum atomic E-state index is -3.43. The number of hydrogen-bond donors (Lipinski definition) is 2. The quantitative estimate of drug-likeness (QED) is 0.596. The fourth-order valence-electron chi connectivity index (χ4n) is 2.73. The largest absolute Gasteiger partial charge is 0.467 e. The molecule has 0 spiro atoms. The Bertz CT molecular complexity index is 606. The number of carbonyl (C=O) groups is 3. The van der Waals surface area contributed by atoms with Crippen LogP contribution in [-0.2, 0) is 24.2 Å². The first kappa shape index (κ1) is 20.2. The third-order valence-corrected chi connectivity index (χ3v) is 5.95. The average Bonchev–Trinajstić information content (AvgIpc) is 2.95. The topological polar surface area (TPSA) is 136 Å². The Morgan fingerprint density at radius 2 is 1.96 bits per heavy atom. The summed E-state index contributed by atoms with van der Waals surface area (Å²) in [4.78, 5) is 37.2. The van der Waals surface area contributed by atoms with Crippen molar-refractivity contribution in [1.82, 2.24) is 10.2 Å². The molecule has 0 aliphatic carbocycles. The predicted octanol–water partition coefficient (Wildman–Crippen LogP) is -0.743. The molecule has 24 heavy (non-hydrogen) atoms. The fourth-order valence-corrected chi connectivity index (χ4v) is 3.69. The predicted molar refractivity (Wildman–Crippen MR) is 86.7 cm³/mol. The van der Waals surface area contributed by atoms with Gasteiger partial charge in [0.15, 0.2) is 9.84 Å². The van der Waals surface area contributed by atoms with Crippen molar-refractivity contribution in [2.24, 2.45) is 11.7 Å². The number of nitrogens with two attached hydrogens (primary N) is 1. The number of carbonyl (C=O) groups excluding carboxylic acids is 3. The summed E-state index contributed by atoms with van der Waals surface area (Å²) in [5, 5.41) is 1.53. The van der Waals surface area contributed by atoms with E-state index in [2.05, 4.69) is 10.1 Å². The van der Waals surface area contributed by atoms with E-state index in [4.69, 9.17) is 5.73 Å². The zero-order valence-electron chi connectivity index (χ0n) is 14.3. The second-order valence-corrected chi connectivity index (χ2v) is 8.41. The molecule has 0 bridgehead atoms. The highest BCUT2D eigenvalue weighted by molar-refractivity contribution is 7.91. The first-order valence-corrected chi connectivity index (χ1v) is 9.61. The normalized spacial score (nSPS) is 23.4. The highest BCUT2D eigenvalue weighted by Gasteiger charge is 2.46. The number of esters is 1. The van der Waals surface area contributed by atoms with E-state index in [0.717, 1.165) is 6.26 Å². The number of nitrogens with one attached hydrogen (secondary N) is 1. The molecule has 0 aromatic heterocycles. The van der Waals surface area contributed by atoms with E-state index in [1.54, 1.807) is 6.92 Å². The summed E-state index contributed by atoms with van der Waals surface area (Å²) >= 11 is 0. The highest BCUT2D eigenvalue weighted by atomic mass is 32.2. The van der Waals surface area contributed by atoms with Crippen LogP contribution in [0.2, 0.25) is 0 Å². The summed E-state index contributed by atoms with van der Waals surface area (Å²) in [6, 6.07) is -2.79. The Morgan fingerprint density at radius 1 is 1.38 bits per heavy atom. The summed E-state index contributed by atoms with van der Waals surface area (Å²) in [6.45, 7) is 3.48. The first-order valence-electron chi connectivity index (χ1n) is 7.66. The third kappa shape index (κ3) is 4.59. The molecule has 1 aliphatic heterocycles. The molecule has 0 saturated carbocycles. The molecule has 1 aliphatic rings. The van der Waals surface area contributed by atoms with Crippen molar-refractivity contribution in [1.29, 1.82) is 0 Å². The lowest BCUT2D eigenvalue weighted by atomic mass is 9.97. The number of urea groups is 1. The molecule has 1 heterocycles. The van der Waals surface area contributed by atoms with Crippen molar-refractivity contribution < 1.29 is 27.5 Å². The number of likely N-dealkylation sites (tertiary alicyclic amines) is 1. The SMILES string of the molecule is CC[C@H](C)[C@H](NC(N)=O)C(=O)N1C[C@H](S(C)(=O)=O)C[C@H]1C(=O)OC. The van der Waals surface area contributed by atoms with E-state index in [0.29, 0.717) is 6.42 Å². The molecule has 3 N–H and O–H groups in total. The second kappa shape index (κ2) is 7.82. The number of sulfone groups is 1. The molecule has 1 rings (SSSR count). The smallest absolute Gasteiger partial charge is 0.328 e. The maximum absolute atomic E-state index is 12.8. The van der Waals surface area contributed by atoms with Crippen LogP contribution in [0.1, 0.15) is 26.7 Å². The van der Waals surface area contributed by atoms with Crippen molar-refractivity contribution in [2.75, 3.05) is 19.9 Å². The van der Waals surface area contributed by atoms with Gasteiger partial charge in [-0.3, -0.25) is 4.79 Å². The molecule has 3 amide bonds. The lowest BCUT2D eigenvalue weighted by Gasteiger charge is -2.30. The highest BCUT2D eigenvalue weighted by Crippen LogP contribution is 2.26. The molecule has 0 unspecified atom stereocenters. The number of methoxy groups -OCH3 is 1. The van der Waals surface area contributed by atoms with Crippen molar-refractivity contribution in [3.8, 4) is 0 Å². The Hall–Kier alpha value is -1.84. The summed E-state index contributed by atoms with van der Waals surface area (Å²) in [6.07, 6.45) is 1.62. The molecule has 10 heteroatoms. The maximum atomic E-state index is 12.8. The fraction of sp³-hybridized carbons (Fsp3) is 0.786. The second-order valence-electron chi connectivity index (χ2n) is 6.09. The lowest BCUT2D eigenvalue weighted by molar-refractivity contribution is -0.152. The van der Waals surface area contributed by atoms with E-state index >= 15 is 0 Å². The molecule has 0 radical (unpaired) electrons. The first-order chi connectivity index (χ1) is 11.0. The van der Waals surface area contributed by atoms with Crippen molar-refractivity contribution >= 4 is 27.7 Å². The number of hydrogen-bond acceptors (Lipinski definition) is 6. The van der Waals surface area contributed by atoms with Crippen LogP contribution in [0, 0.1) is 5.92 Å². The van der Waals surface area contributed by atoms with Gasteiger partial charge in [-0.2, -0.15) is 0 Å².